The van der Waals surface area contributed by atoms with Crippen LogP contribution in [0.2, 0.25) is 0 Å². The summed E-state index contributed by atoms with van der Waals surface area (Å²) in [7, 11) is 0. The van der Waals surface area contributed by atoms with E-state index in [0.29, 0.717) is 31.6 Å². The number of amides is 2. The number of carbonyl (C=O) groups is 3. The number of hydrogen-bond donors (Lipinski definition) is 1. The van der Waals surface area contributed by atoms with Gasteiger partial charge in [-0.15, -0.1) is 0 Å². The SMILES string of the molecule is CC(=O)N1CCC(C(=O)OCC(=O)Nc2ccc(C)cc2Br)(c2ccccc2)CC1. The Hall–Kier alpha value is -2.67. The molecule has 1 aliphatic rings. The minimum Gasteiger partial charge on any atom is -0.455 e. The second kappa shape index (κ2) is 9.43. The van der Waals surface area contributed by atoms with Crippen LogP contribution in [0.15, 0.2) is 53.0 Å². The van der Waals surface area contributed by atoms with Crippen molar-refractivity contribution in [1.82, 2.24) is 4.90 Å². The molecule has 1 aliphatic heterocycles. The lowest BCUT2D eigenvalue weighted by Gasteiger charge is -2.40. The molecule has 0 unspecified atom stereocenters. The lowest BCUT2D eigenvalue weighted by atomic mass is 9.72. The average molecular weight is 473 g/mol. The van der Waals surface area contributed by atoms with Crippen molar-refractivity contribution in [1.29, 1.82) is 0 Å². The molecule has 0 radical (unpaired) electrons. The highest BCUT2D eigenvalue weighted by Gasteiger charge is 2.44. The number of esters is 1. The molecule has 0 aromatic heterocycles. The summed E-state index contributed by atoms with van der Waals surface area (Å²) in [4.78, 5) is 38.9. The number of rotatable bonds is 5. The van der Waals surface area contributed by atoms with Crippen LogP contribution in [0.1, 0.15) is 30.9 Å². The van der Waals surface area contributed by atoms with Gasteiger partial charge in [-0.25, -0.2) is 0 Å². The summed E-state index contributed by atoms with van der Waals surface area (Å²) in [6.45, 7) is 4.06. The number of likely N-dealkylation sites (tertiary alicyclic amines) is 1. The van der Waals surface area contributed by atoms with Gasteiger partial charge < -0.3 is 15.0 Å². The van der Waals surface area contributed by atoms with Crippen LogP contribution in [0.25, 0.3) is 0 Å². The van der Waals surface area contributed by atoms with E-state index in [-0.39, 0.29) is 12.5 Å². The summed E-state index contributed by atoms with van der Waals surface area (Å²) >= 11 is 3.42. The zero-order valence-electron chi connectivity index (χ0n) is 17.1. The Kier molecular flexibility index (Phi) is 6.92. The standard InChI is InChI=1S/C23H25BrN2O4/c1-16-8-9-20(19(24)14-16)25-21(28)15-30-22(29)23(18-6-4-3-5-7-18)10-12-26(13-11-23)17(2)27/h3-9,14H,10-13,15H2,1-2H3,(H,25,28). The van der Waals surface area contributed by atoms with Crippen LogP contribution < -0.4 is 5.32 Å². The van der Waals surface area contributed by atoms with Gasteiger partial charge in [-0.1, -0.05) is 36.4 Å². The molecule has 2 aromatic carbocycles. The lowest BCUT2D eigenvalue weighted by Crippen LogP contribution is -2.49. The molecule has 1 saturated heterocycles. The first-order valence-electron chi connectivity index (χ1n) is 9.86. The van der Waals surface area contributed by atoms with Gasteiger partial charge >= 0.3 is 5.97 Å². The molecule has 0 bridgehead atoms. The maximum absolute atomic E-state index is 13.2. The molecule has 6 nitrogen and oxygen atoms in total. The molecule has 2 amide bonds. The van der Waals surface area contributed by atoms with E-state index < -0.39 is 17.3 Å². The average Bonchev–Trinajstić information content (AvgIpc) is 2.74. The van der Waals surface area contributed by atoms with Gasteiger partial charge in [0.15, 0.2) is 6.61 Å². The molecule has 0 spiro atoms. The van der Waals surface area contributed by atoms with Crippen LogP contribution in [0.3, 0.4) is 0 Å². The second-order valence-corrected chi connectivity index (χ2v) is 8.42. The number of aryl methyl sites for hydroxylation is 1. The topological polar surface area (TPSA) is 75.7 Å². The Morgan fingerprint density at radius 3 is 2.37 bits per heavy atom. The fraction of sp³-hybridized carbons (Fsp3) is 0.348. The van der Waals surface area contributed by atoms with E-state index in [0.717, 1.165) is 15.6 Å². The summed E-state index contributed by atoms with van der Waals surface area (Å²) < 4.78 is 6.23. The molecule has 1 fully saturated rings. The largest absolute Gasteiger partial charge is 0.455 e. The molecule has 7 heteroatoms. The third-order valence-corrected chi connectivity index (χ3v) is 6.17. The molecule has 1 N–H and O–H groups in total. The van der Waals surface area contributed by atoms with Crippen molar-refractivity contribution in [3.8, 4) is 0 Å². The summed E-state index contributed by atoms with van der Waals surface area (Å²) in [5.41, 5.74) is 1.67. The maximum Gasteiger partial charge on any atom is 0.317 e. The number of halogens is 1. The number of carbonyl (C=O) groups excluding carboxylic acids is 3. The highest BCUT2D eigenvalue weighted by molar-refractivity contribution is 9.10. The van der Waals surface area contributed by atoms with E-state index in [1.54, 1.807) is 11.0 Å². The van der Waals surface area contributed by atoms with Gasteiger partial charge in [0.05, 0.1) is 11.1 Å². The Bertz CT molecular complexity index is 937. The molecule has 2 aromatic rings. The Morgan fingerprint density at radius 2 is 1.77 bits per heavy atom. The molecule has 0 aliphatic carbocycles. The number of hydrogen-bond acceptors (Lipinski definition) is 4. The normalized spacial score (nSPS) is 15.4. The Labute approximate surface area is 184 Å². The van der Waals surface area contributed by atoms with Gasteiger partial charge in [0.25, 0.3) is 5.91 Å². The van der Waals surface area contributed by atoms with Crippen molar-refractivity contribution in [2.45, 2.75) is 32.1 Å². The number of ether oxygens (including phenoxy) is 1. The van der Waals surface area contributed by atoms with E-state index in [4.69, 9.17) is 4.74 Å². The van der Waals surface area contributed by atoms with Crippen LogP contribution in [0.5, 0.6) is 0 Å². The summed E-state index contributed by atoms with van der Waals surface area (Å²) in [5, 5.41) is 2.75. The van der Waals surface area contributed by atoms with Gasteiger partial charge in [0.2, 0.25) is 5.91 Å². The van der Waals surface area contributed by atoms with Gasteiger partial charge in [-0.05, 0) is 59.0 Å². The second-order valence-electron chi connectivity index (χ2n) is 7.56. The first kappa shape index (κ1) is 22.0. The number of nitrogens with one attached hydrogen (secondary N) is 1. The van der Waals surface area contributed by atoms with E-state index >= 15 is 0 Å². The van der Waals surface area contributed by atoms with Crippen molar-refractivity contribution in [3.63, 3.8) is 0 Å². The number of anilines is 1. The lowest BCUT2D eigenvalue weighted by molar-refractivity contribution is -0.156. The minimum absolute atomic E-state index is 0.00641. The van der Waals surface area contributed by atoms with Crippen LogP contribution in [-0.2, 0) is 24.5 Å². The maximum atomic E-state index is 13.2. The smallest absolute Gasteiger partial charge is 0.317 e. The van der Waals surface area contributed by atoms with Crippen molar-refractivity contribution < 1.29 is 19.1 Å². The van der Waals surface area contributed by atoms with Crippen LogP contribution in [-0.4, -0.2) is 42.4 Å². The van der Waals surface area contributed by atoms with Crippen molar-refractivity contribution in [3.05, 3.63) is 64.1 Å². The molecule has 3 rings (SSSR count). The fourth-order valence-electron chi connectivity index (χ4n) is 3.75. The van der Waals surface area contributed by atoms with E-state index in [1.165, 1.54) is 6.92 Å². The zero-order chi connectivity index (χ0) is 21.7. The molecule has 158 valence electrons. The van der Waals surface area contributed by atoms with E-state index in [9.17, 15) is 14.4 Å². The highest BCUT2D eigenvalue weighted by atomic mass is 79.9. The molecule has 1 heterocycles. The Balaban J connectivity index is 1.69. The molecule has 0 saturated carbocycles. The van der Waals surface area contributed by atoms with Crippen molar-refractivity contribution in [2.24, 2.45) is 0 Å². The first-order valence-corrected chi connectivity index (χ1v) is 10.7. The molecule has 0 atom stereocenters. The molecular weight excluding hydrogens is 448 g/mol. The third kappa shape index (κ3) is 4.90. The van der Waals surface area contributed by atoms with Crippen LogP contribution in [0, 0.1) is 6.92 Å². The van der Waals surface area contributed by atoms with Crippen molar-refractivity contribution in [2.75, 3.05) is 25.0 Å². The van der Waals surface area contributed by atoms with Gasteiger partial charge in [0, 0.05) is 24.5 Å². The zero-order valence-corrected chi connectivity index (χ0v) is 18.7. The number of benzene rings is 2. The van der Waals surface area contributed by atoms with Gasteiger partial charge in [-0.3, -0.25) is 14.4 Å². The summed E-state index contributed by atoms with van der Waals surface area (Å²) in [5.74, 6) is -0.847. The number of piperidine rings is 1. The van der Waals surface area contributed by atoms with Gasteiger partial charge in [0.1, 0.15) is 0 Å². The predicted molar refractivity (Wildman–Crippen MR) is 118 cm³/mol. The van der Waals surface area contributed by atoms with Crippen LogP contribution in [0.4, 0.5) is 5.69 Å². The highest BCUT2D eigenvalue weighted by Crippen LogP contribution is 2.37. The number of nitrogens with zero attached hydrogens (tertiary/aromatic N) is 1. The fourth-order valence-corrected chi connectivity index (χ4v) is 4.34. The summed E-state index contributed by atoms with van der Waals surface area (Å²) in [6.07, 6.45) is 0.918. The van der Waals surface area contributed by atoms with Gasteiger partial charge in [-0.2, -0.15) is 0 Å². The molecular formula is C23H25BrN2O4. The van der Waals surface area contributed by atoms with E-state index in [2.05, 4.69) is 21.2 Å². The first-order chi connectivity index (χ1) is 14.3. The third-order valence-electron chi connectivity index (χ3n) is 5.51. The predicted octanol–water partition coefficient (Wildman–Crippen LogP) is 3.82. The minimum atomic E-state index is -0.863. The quantitative estimate of drug-likeness (QED) is 0.671. The summed E-state index contributed by atoms with van der Waals surface area (Å²) in [6, 6.07) is 15.0. The monoisotopic (exact) mass is 472 g/mol. The Morgan fingerprint density at radius 1 is 1.10 bits per heavy atom. The van der Waals surface area contributed by atoms with Crippen LogP contribution >= 0.6 is 15.9 Å². The van der Waals surface area contributed by atoms with E-state index in [1.807, 2.05) is 49.4 Å². The molecule has 30 heavy (non-hydrogen) atoms. The van der Waals surface area contributed by atoms with Crippen molar-refractivity contribution >= 4 is 39.4 Å².